The van der Waals surface area contributed by atoms with E-state index in [1.165, 1.54) is 11.8 Å². The summed E-state index contributed by atoms with van der Waals surface area (Å²) in [4.78, 5) is 11.8. The lowest BCUT2D eigenvalue weighted by molar-refractivity contribution is 0.526. The van der Waals surface area contributed by atoms with Crippen LogP contribution in [0.3, 0.4) is 0 Å². The summed E-state index contributed by atoms with van der Waals surface area (Å²) in [6.45, 7) is 4.44. The molecular formula is C10H17N9S. The Labute approximate surface area is 120 Å². The molecule has 0 unspecified atom stereocenters. The monoisotopic (exact) mass is 295 g/mol. The molecule has 2 aromatic rings. The van der Waals surface area contributed by atoms with Gasteiger partial charge in [0.2, 0.25) is 11.9 Å². The highest BCUT2D eigenvalue weighted by molar-refractivity contribution is 7.98. The molecule has 10 heteroatoms. The smallest absolute Gasteiger partial charge is 0.225 e. The van der Waals surface area contributed by atoms with Crippen LogP contribution >= 0.6 is 11.8 Å². The van der Waals surface area contributed by atoms with Crippen molar-refractivity contribution in [1.82, 2.24) is 29.7 Å². The highest BCUT2D eigenvalue weighted by Gasteiger charge is 2.15. The molecule has 20 heavy (non-hydrogen) atoms. The van der Waals surface area contributed by atoms with Crippen LogP contribution in [0.4, 0.5) is 11.9 Å². The molecule has 0 aliphatic rings. The van der Waals surface area contributed by atoms with Gasteiger partial charge in [0.15, 0.2) is 5.16 Å². The van der Waals surface area contributed by atoms with E-state index in [4.69, 9.17) is 17.2 Å². The van der Waals surface area contributed by atoms with E-state index in [2.05, 4.69) is 25.1 Å². The van der Waals surface area contributed by atoms with Crippen LogP contribution in [0.15, 0.2) is 5.16 Å². The van der Waals surface area contributed by atoms with Crippen molar-refractivity contribution in [2.24, 2.45) is 5.73 Å². The summed E-state index contributed by atoms with van der Waals surface area (Å²) >= 11 is 1.45. The number of aromatic nitrogens is 6. The van der Waals surface area contributed by atoms with Crippen molar-refractivity contribution in [1.29, 1.82) is 0 Å². The van der Waals surface area contributed by atoms with E-state index >= 15 is 0 Å². The number of nitrogens with zero attached hydrogens (tertiary/aromatic N) is 6. The summed E-state index contributed by atoms with van der Waals surface area (Å²) in [5.41, 5.74) is 16.7. The zero-order valence-corrected chi connectivity index (χ0v) is 12.1. The largest absolute Gasteiger partial charge is 0.368 e. The SMILES string of the molecule is CC(C)n1c(CN)nnc1SCc1nc(N)nc(N)n1. The zero-order valence-electron chi connectivity index (χ0n) is 11.3. The lowest BCUT2D eigenvalue weighted by atomic mass is 10.4. The normalized spacial score (nSPS) is 11.2. The molecule has 9 nitrogen and oxygen atoms in total. The minimum atomic E-state index is 0.112. The molecule has 0 amide bonds. The van der Waals surface area contributed by atoms with Crippen LogP contribution in [-0.4, -0.2) is 29.7 Å². The van der Waals surface area contributed by atoms with Gasteiger partial charge in [0.1, 0.15) is 11.6 Å². The second kappa shape index (κ2) is 6.01. The van der Waals surface area contributed by atoms with Crippen molar-refractivity contribution >= 4 is 23.7 Å². The summed E-state index contributed by atoms with van der Waals surface area (Å²) in [6, 6.07) is 0.222. The predicted octanol–water partition coefficient (Wildman–Crippen LogP) is -0.0406. The van der Waals surface area contributed by atoms with Gasteiger partial charge in [-0.1, -0.05) is 11.8 Å². The fourth-order valence-electron chi connectivity index (χ4n) is 1.71. The van der Waals surface area contributed by atoms with Gasteiger partial charge in [0.05, 0.1) is 12.3 Å². The molecule has 0 saturated heterocycles. The van der Waals surface area contributed by atoms with Crippen molar-refractivity contribution in [2.45, 2.75) is 37.3 Å². The van der Waals surface area contributed by atoms with E-state index in [-0.39, 0.29) is 17.9 Å². The number of rotatable bonds is 5. The highest BCUT2D eigenvalue weighted by Crippen LogP contribution is 2.24. The number of hydrogen-bond acceptors (Lipinski definition) is 9. The molecule has 0 radical (unpaired) electrons. The zero-order chi connectivity index (χ0) is 14.7. The first kappa shape index (κ1) is 14.5. The van der Waals surface area contributed by atoms with Crippen LogP contribution in [0.25, 0.3) is 0 Å². The molecule has 2 rings (SSSR count). The van der Waals surface area contributed by atoms with E-state index < -0.39 is 0 Å². The van der Waals surface area contributed by atoms with E-state index in [1.54, 1.807) is 0 Å². The number of hydrogen-bond donors (Lipinski definition) is 3. The minimum Gasteiger partial charge on any atom is -0.368 e. The van der Waals surface area contributed by atoms with Crippen LogP contribution in [0.2, 0.25) is 0 Å². The first-order chi connectivity index (χ1) is 9.51. The summed E-state index contributed by atoms with van der Waals surface area (Å²) in [6.07, 6.45) is 0. The minimum absolute atomic E-state index is 0.112. The molecule has 0 saturated carbocycles. The number of nitrogen functional groups attached to an aromatic ring is 2. The second-order valence-electron chi connectivity index (χ2n) is 4.32. The molecule has 6 N–H and O–H groups in total. The maximum absolute atomic E-state index is 5.65. The van der Waals surface area contributed by atoms with Crippen LogP contribution in [0.5, 0.6) is 0 Å². The van der Waals surface area contributed by atoms with Gasteiger partial charge in [0, 0.05) is 6.04 Å². The molecule has 2 aromatic heterocycles. The van der Waals surface area contributed by atoms with E-state index in [0.29, 0.717) is 18.1 Å². The van der Waals surface area contributed by atoms with Crippen molar-refractivity contribution < 1.29 is 0 Å². The maximum atomic E-state index is 5.65. The third-order valence-corrected chi connectivity index (χ3v) is 3.42. The van der Waals surface area contributed by atoms with Crippen LogP contribution < -0.4 is 17.2 Å². The molecule has 0 spiro atoms. The van der Waals surface area contributed by atoms with E-state index in [0.717, 1.165) is 11.0 Å². The van der Waals surface area contributed by atoms with Crippen LogP contribution in [0, 0.1) is 0 Å². The van der Waals surface area contributed by atoms with Gasteiger partial charge in [0.25, 0.3) is 0 Å². The van der Waals surface area contributed by atoms with Crippen molar-refractivity contribution in [3.05, 3.63) is 11.6 Å². The van der Waals surface area contributed by atoms with E-state index in [9.17, 15) is 0 Å². The Balaban J connectivity index is 2.16. The Hall–Kier alpha value is -1.94. The average molecular weight is 295 g/mol. The Morgan fingerprint density at radius 1 is 1.10 bits per heavy atom. The summed E-state index contributed by atoms with van der Waals surface area (Å²) in [5.74, 6) is 1.96. The Kier molecular flexibility index (Phi) is 4.35. The van der Waals surface area contributed by atoms with Gasteiger partial charge in [-0.2, -0.15) is 15.0 Å². The maximum Gasteiger partial charge on any atom is 0.225 e. The lowest BCUT2D eigenvalue weighted by Crippen LogP contribution is -2.11. The molecule has 0 bridgehead atoms. The molecule has 0 aliphatic heterocycles. The second-order valence-corrected chi connectivity index (χ2v) is 5.27. The summed E-state index contributed by atoms with van der Waals surface area (Å²) < 4.78 is 1.98. The first-order valence-electron chi connectivity index (χ1n) is 6.03. The number of anilines is 2. The summed E-state index contributed by atoms with van der Waals surface area (Å²) in [7, 11) is 0. The van der Waals surface area contributed by atoms with Gasteiger partial charge in [-0.3, -0.25) is 0 Å². The molecule has 2 heterocycles. The third-order valence-electron chi connectivity index (χ3n) is 2.48. The molecule has 108 valence electrons. The van der Waals surface area contributed by atoms with Gasteiger partial charge in [-0.15, -0.1) is 10.2 Å². The molecule has 0 aliphatic carbocycles. The van der Waals surface area contributed by atoms with Crippen molar-refractivity contribution in [3.63, 3.8) is 0 Å². The Morgan fingerprint density at radius 3 is 2.30 bits per heavy atom. The summed E-state index contributed by atoms with van der Waals surface area (Å²) in [5, 5.41) is 8.96. The standard InChI is InChI=1S/C10H17N9S/c1-5(2)19-7(3-11)17-18-10(19)20-4-6-14-8(12)16-9(13)15-6/h5H,3-4,11H2,1-2H3,(H4,12,13,14,15,16). The molecule has 0 fully saturated rings. The van der Waals surface area contributed by atoms with Gasteiger partial charge in [-0.05, 0) is 13.8 Å². The van der Waals surface area contributed by atoms with Gasteiger partial charge < -0.3 is 21.8 Å². The molecule has 0 atom stereocenters. The van der Waals surface area contributed by atoms with Crippen molar-refractivity contribution in [2.75, 3.05) is 11.5 Å². The third kappa shape index (κ3) is 3.14. The Bertz CT molecular complexity index is 574. The number of thioether (sulfide) groups is 1. The lowest BCUT2D eigenvalue weighted by Gasteiger charge is -2.12. The fourth-order valence-corrected chi connectivity index (χ4v) is 2.66. The predicted molar refractivity (Wildman–Crippen MR) is 76.5 cm³/mol. The molecular weight excluding hydrogens is 278 g/mol. The average Bonchev–Trinajstić information content (AvgIpc) is 2.78. The molecule has 0 aromatic carbocycles. The Morgan fingerprint density at radius 2 is 1.75 bits per heavy atom. The van der Waals surface area contributed by atoms with Crippen LogP contribution in [-0.2, 0) is 12.3 Å². The van der Waals surface area contributed by atoms with Crippen LogP contribution in [0.1, 0.15) is 31.5 Å². The highest BCUT2D eigenvalue weighted by atomic mass is 32.2. The fraction of sp³-hybridized carbons (Fsp3) is 0.500. The number of nitrogens with two attached hydrogens (primary N) is 3. The first-order valence-corrected chi connectivity index (χ1v) is 7.02. The topological polar surface area (TPSA) is 147 Å². The van der Waals surface area contributed by atoms with Crippen molar-refractivity contribution in [3.8, 4) is 0 Å². The van der Waals surface area contributed by atoms with Gasteiger partial charge >= 0.3 is 0 Å². The van der Waals surface area contributed by atoms with Gasteiger partial charge in [-0.25, -0.2) is 0 Å². The quantitative estimate of drug-likeness (QED) is 0.646. The van der Waals surface area contributed by atoms with E-state index in [1.807, 2.05) is 18.4 Å².